The number of nitrogens with zero attached hydrogens (tertiary/aromatic N) is 3. The third-order valence-electron chi connectivity index (χ3n) is 3.79. The van der Waals surface area contributed by atoms with Crippen LogP contribution in [0.3, 0.4) is 0 Å². The van der Waals surface area contributed by atoms with Gasteiger partial charge < -0.3 is 10.2 Å². The predicted molar refractivity (Wildman–Crippen MR) is 84.2 cm³/mol. The molecule has 0 saturated carbocycles. The van der Waals surface area contributed by atoms with Crippen LogP contribution in [-0.4, -0.2) is 35.1 Å². The maximum atomic E-state index is 4.57. The zero-order valence-electron chi connectivity index (χ0n) is 13.5. The molecule has 1 aliphatic rings. The van der Waals surface area contributed by atoms with Gasteiger partial charge in [0.05, 0.1) is 0 Å². The molecule has 0 amide bonds. The summed E-state index contributed by atoms with van der Waals surface area (Å²) >= 11 is 0. The second kappa shape index (κ2) is 6.08. The number of hydrogen-bond acceptors (Lipinski definition) is 4. The molecule has 1 aromatic rings. The molecular weight excluding hydrogens is 248 g/mol. The Morgan fingerprint density at radius 3 is 2.20 bits per heavy atom. The summed E-state index contributed by atoms with van der Waals surface area (Å²) in [5, 5.41) is 3.61. The minimum absolute atomic E-state index is 0.216. The number of hydrogen-bond donors (Lipinski definition) is 1. The van der Waals surface area contributed by atoms with Crippen LogP contribution in [0.15, 0.2) is 6.07 Å². The summed E-state index contributed by atoms with van der Waals surface area (Å²) < 4.78 is 0. The van der Waals surface area contributed by atoms with E-state index in [0.717, 1.165) is 42.9 Å². The molecule has 0 radical (unpaired) electrons. The largest absolute Gasteiger partial charge is 0.341 e. The average molecular weight is 276 g/mol. The second-order valence-corrected chi connectivity index (χ2v) is 7.01. The molecule has 0 aromatic carbocycles. The zero-order valence-corrected chi connectivity index (χ0v) is 13.5. The standard InChI is InChI=1S/C16H28N4/c1-12-10-13(2)19-15(18-12)20-8-6-14(7-9-20)11-17-16(3,4)5/h10,14,17H,6-9,11H2,1-5H3. The van der Waals surface area contributed by atoms with Gasteiger partial charge in [-0.25, -0.2) is 9.97 Å². The summed E-state index contributed by atoms with van der Waals surface area (Å²) in [4.78, 5) is 11.5. The first-order valence-corrected chi connectivity index (χ1v) is 7.66. The summed E-state index contributed by atoms with van der Waals surface area (Å²) in [6.07, 6.45) is 2.44. The first kappa shape index (κ1) is 15.2. The summed E-state index contributed by atoms with van der Waals surface area (Å²) in [6.45, 7) is 14.0. The van der Waals surface area contributed by atoms with Crippen molar-refractivity contribution >= 4 is 5.95 Å². The molecule has 4 heteroatoms. The summed E-state index contributed by atoms with van der Waals surface area (Å²) in [6, 6.07) is 2.03. The monoisotopic (exact) mass is 276 g/mol. The quantitative estimate of drug-likeness (QED) is 0.921. The van der Waals surface area contributed by atoms with Crippen LogP contribution in [0.5, 0.6) is 0 Å². The van der Waals surface area contributed by atoms with E-state index in [1.807, 2.05) is 19.9 Å². The topological polar surface area (TPSA) is 41.1 Å². The van der Waals surface area contributed by atoms with Crippen molar-refractivity contribution in [3.05, 3.63) is 17.5 Å². The Kier molecular flexibility index (Phi) is 4.63. The predicted octanol–water partition coefficient (Wildman–Crippen LogP) is 2.70. The van der Waals surface area contributed by atoms with Crippen LogP contribution in [0.1, 0.15) is 45.0 Å². The highest BCUT2D eigenvalue weighted by atomic mass is 15.3. The number of piperidine rings is 1. The van der Waals surface area contributed by atoms with Crippen molar-refractivity contribution in [3.8, 4) is 0 Å². The highest BCUT2D eigenvalue weighted by molar-refractivity contribution is 5.32. The number of rotatable bonds is 3. The second-order valence-electron chi connectivity index (χ2n) is 7.01. The van der Waals surface area contributed by atoms with Crippen molar-refractivity contribution in [2.75, 3.05) is 24.5 Å². The molecule has 1 saturated heterocycles. The van der Waals surface area contributed by atoms with Crippen molar-refractivity contribution in [2.45, 2.75) is 53.0 Å². The fourth-order valence-corrected chi connectivity index (χ4v) is 2.64. The normalized spacial score (nSPS) is 17.6. The molecule has 0 atom stereocenters. The summed E-state index contributed by atoms with van der Waals surface area (Å²) in [5.41, 5.74) is 2.33. The van der Waals surface area contributed by atoms with Gasteiger partial charge in [0, 0.05) is 30.0 Å². The van der Waals surface area contributed by atoms with E-state index in [-0.39, 0.29) is 5.54 Å². The van der Waals surface area contributed by atoms with Gasteiger partial charge in [-0.2, -0.15) is 0 Å². The Morgan fingerprint density at radius 1 is 1.15 bits per heavy atom. The SMILES string of the molecule is Cc1cc(C)nc(N2CCC(CNC(C)(C)C)CC2)n1. The Bertz CT molecular complexity index is 422. The van der Waals surface area contributed by atoms with Crippen LogP contribution >= 0.6 is 0 Å². The molecular formula is C16H28N4. The van der Waals surface area contributed by atoms with Gasteiger partial charge in [-0.15, -0.1) is 0 Å². The minimum Gasteiger partial charge on any atom is -0.341 e. The van der Waals surface area contributed by atoms with Crippen LogP contribution in [0.25, 0.3) is 0 Å². The summed E-state index contributed by atoms with van der Waals surface area (Å²) in [5.74, 6) is 1.68. The van der Waals surface area contributed by atoms with Crippen molar-refractivity contribution in [3.63, 3.8) is 0 Å². The molecule has 112 valence electrons. The molecule has 4 nitrogen and oxygen atoms in total. The van der Waals surface area contributed by atoms with E-state index in [9.17, 15) is 0 Å². The maximum Gasteiger partial charge on any atom is 0.225 e. The Morgan fingerprint density at radius 2 is 1.70 bits per heavy atom. The van der Waals surface area contributed by atoms with Gasteiger partial charge in [0.1, 0.15) is 0 Å². The highest BCUT2D eigenvalue weighted by Crippen LogP contribution is 2.21. The zero-order chi connectivity index (χ0) is 14.8. The van der Waals surface area contributed by atoms with Crippen LogP contribution < -0.4 is 10.2 Å². The lowest BCUT2D eigenvalue weighted by Crippen LogP contribution is -2.43. The third kappa shape index (κ3) is 4.44. The molecule has 0 unspecified atom stereocenters. The molecule has 1 aromatic heterocycles. The Labute approximate surface area is 123 Å². The van der Waals surface area contributed by atoms with Crippen LogP contribution in [0, 0.1) is 19.8 Å². The van der Waals surface area contributed by atoms with Gasteiger partial charge in [0.15, 0.2) is 0 Å². The molecule has 20 heavy (non-hydrogen) atoms. The van der Waals surface area contributed by atoms with Crippen LogP contribution in [-0.2, 0) is 0 Å². The van der Waals surface area contributed by atoms with Gasteiger partial charge in [0.25, 0.3) is 0 Å². The van der Waals surface area contributed by atoms with E-state index in [1.54, 1.807) is 0 Å². The fourth-order valence-electron chi connectivity index (χ4n) is 2.64. The smallest absolute Gasteiger partial charge is 0.225 e. The summed E-state index contributed by atoms with van der Waals surface area (Å²) in [7, 11) is 0. The van der Waals surface area contributed by atoms with Gasteiger partial charge >= 0.3 is 0 Å². The van der Waals surface area contributed by atoms with Crippen molar-refractivity contribution in [1.29, 1.82) is 0 Å². The number of aryl methyl sites for hydroxylation is 2. The lowest BCUT2D eigenvalue weighted by molar-refractivity contribution is 0.327. The molecule has 2 rings (SSSR count). The van der Waals surface area contributed by atoms with Crippen molar-refractivity contribution < 1.29 is 0 Å². The minimum atomic E-state index is 0.216. The van der Waals surface area contributed by atoms with Crippen molar-refractivity contribution in [1.82, 2.24) is 15.3 Å². The molecule has 2 heterocycles. The van der Waals surface area contributed by atoms with E-state index in [2.05, 4.69) is 41.0 Å². The van der Waals surface area contributed by atoms with E-state index < -0.39 is 0 Å². The van der Waals surface area contributed by atoms with E-state index in [0.29, 0.717) is 0 Å². The van der Waals surface area contributed by atoms with Crippen LogP contribution in [0.2, 0.25) is 0 Å². The van der Waals surface area contributed by atoms with E-state index >= 15 is 0 Å². The molecule has 0 spiro atoms. The Hall–Kier alpha value is -1.16. The van der Waals surface area contributed by atoms with Crippen LogP contribution in [0.4, 0.5) is 5.95 Å². The van der Waals surface area contributed by atoms with E-state index in [1.165, 1.54) is 12.8 Å². The third-order valence-corrected chi connectivity index (χ3v) is 3.79. The fraction of sp³-hybridized carbons (Fsp3) is 0.750. The van der Waals surface area contributed by atoms with Crippen molar-refractivity contribution in [2.24, 2.45) is 5.92 Å². The molecule has 1 aliphatic heterocycles. The first-order chi connectivity index (χ1) is 9.33. The lowest BCUT2D eigenvalue weighted by Gasteiger charge is -2.34. The number of nitrogens with one attached hydrogen (secondary N) is 1. The average Bonchev–Trinajstić information content (AvgIpc) is 2.35. The number of aromatic nitrogens is 2. The highest BCUT2D eigenvalue weighted by Gasteiger charge is 2.22. The molecule has 1 fully saturated rings. The number of anilines is 1. The molecule has 0 bridgehead atoms. The Balaban J connectivity index is 1.88. The lowest BCUT2D eigenvalue weighted by atomic mass is 9.95. The molecule has 0 aliphatic carbocycles. The van der Waals surface area contributed by atoms with Gasteiger partial charge in [-0.3, -0.25) is 0 Å². The van der Waals surface area contributed by atoms with Gasteiger partial charge in [-0.1, -0.05) is 0 Å². The molecule has 1 N–H and O–H groups in total. The van der Waals surface area contributed by atoms with Gasteiger partial charge in [-0.05, 0) is 66.0 Å². The maximum absolute atomic E-state index is 4.57. The van der Waals surface area contributed by atoms with E-state index in [4.69, 9.17) is 0 Å². The first-order valence-electron chi connectivity index (χ1n) is 7.66. The van der Waals surface area contributed by atoms with Gasteiger partial charge in [0.2, 0.25) is 5.95 Å².